The monoisotopic (exact) mass is 399 g/mol. The van der Waals surface area contributed by atoms with E-state index in [1.54, 1.807) is 9.36 Å². The first-order chi connectivity index (χ1) is 14.6. The molecule has 0 unspecified atom stereocenters. The van der Waals surface area contributed by atoms with Crippen molar-refractivity contribution in [1.29, 1.82) is 0 Å². The molecule has 30 heavy (non-hydrogen) atoms. The average molecular weight is 399 g/mol. The molecule has 2 aromatic carbocycles. The summed E-state index contributed by atoms with van der Waals surface area (Å²) in [5.74, 6) is -0.113. The van der Waals surface area contributed by atoms with Crippen LogP contribution in [0.25, 0.3) is 16.9 Å². The van der Waals surface area contributed by atoms with E-state index in [-0.39, 0.29) is 5.91 Å². The lowest BCUT2D eigenvalue weighted by atomic mass is 10.1. The molecule has 2 heterocycles. The Morgan fingerprint density at radius 2 is 1.80 bits per heavy atom. The van der Waals surface area contributed by atoms with Crippen molar-refractivity contribution in [2.24, 2.45) is 7.05 Å². The number of amides is 1. The van der Waals surface area contributed by atoms with Gasteiger partial charge in [0.1, 0.15) is 5.69 Å². The van der Waals surface area contributed by atoms with Gasteiger partial charge in [-0.3, -0.25) is 9.48 Å². The fourth-order valence-electron chi connectivity index (χ4n) is 3.37. The van der Waals surface area contributed by atoms with Gasteiger partial charge in [-0.15, -0.1) is 0 Å². The lowest BCUT2D eigenvalue weighted by molar-refractivity contribution is 0.0954. The number of nitrogens with zero attached hydrogens (tertiary/aromatic N) is 4. The van der Waals surface area contributed by atoms with Crippen LogP contribution in [0, 0.1) is 6.92 Å². The second-order valence-electron chi connectivity index (χ2n) is 7.42. The topological polar surface area (TPSA) is 64.7 Å². The Labute approximate surface area is 176 Å². The van der Waals surface area contributed by atoms with E-state index in [1.165, 1.54) is 11.1 Å². The fourth-order valence-corrected chi connectivity index (χ4v) is 3.37. The molecule has 1 amide bonds. The van der Waals surface area contributed by atoms with Crippen molar-refractivity contribution in [1.82, 2.24) is 24.9 Å². The van der Waals surface area contributed by atoms with Crippen LogP contribution in [-0.4, -0.2) is 32.0 Å². The van der Waals surface area contributed by atoms with Crippen LogP contribution in [0.2, 0.25) is 0 Å². The molecule has 0 saturated heterocycles. The Bertz CT molecular complexity index is 1130. The number of hydrogen-bond donors (Lipinski definition) is 1. The molecular formula is C24H25N5O. The predicted molar refractivity (Wildman–Crippen MR) is 118 cm³/mol. The van der Waals surface area contributed by atoms with Crippen molar-refractivity contribution < 1.29 is 4.79 Å². The van der Waals surface area contributed by atoms with Gasteiger partial charge in [0.2, 0.25) is 0 Å². The Morgan fingerprint density at radius 3 is 2.50 bits per heavy atom. The Kier molecular flexibility index (Phi) is 5.75. The number of nitrogens with one attached hydrogen (secondary N) is 1. The molecule has 0 aliphatic carbocycles. The van der Waals surface area contributed by atoms with Crippen LogP contribution in [-0.2, 0) is 13.5 Å². The van der Waals surface area contributed by atoms with E-state index in [2.05, 4.69) is 10.4 Å². The van der Waals surface area contributed by atoms with Gasteiger partial charge in [0, 0.05) is 31.5 Å². The van der Waals surface area contributed by atoms with Gasteiger partial charge in [0.05, 0.1) is 17.4 Å². The van der Waals surface area contributed by atoms with Crippen molar-refractivity contribution in [3.63, 3.8) is 0 Å². The van der Waals surface area contributed by atoms with Crippen LogP contribution in [0.15, 0.2) is 73.2 Å². The summed E-state index contributed by atoms with van der Waals surface area (Å²) in [6.45, 7) is 2.64. The zero-order chi connectivity index (χ0) is 20.9. The minimum Gasteiger partial charge on any atom is -0.352 e. The third-order valence-corrected chi connectivity index (χ3v) is 4.99. The molecule has 0 saturated carbocycles. The zero-order valence-electron chi connectivity index (χ0n) is 17.2. The van der Waals surface area contributed by atoms with Crippen LogP contribution in [0.3, 0.4) is 0 Å². The normalized spacial score (nSPS) is 10.9. The quantitative estimate of drug-likeness (QED) is 0.479. The van der Waals surface area contributed by atoms with E-state index >= 15 is 0 Å². The van der Waals surface area contributed by atoms with Gasteiger partial charge >= 0.3 is 0 Å². The zero-order valence-corrected chi connectivity index (χ0v) is 17.2. The number of aromatic nitrogens is 4. The number of rotatable bonds is 7. The third-order valence-electron chi connectivity index (χ3n) is 4.99. The number of benzene rings is 2. The molecule has 0 bridgehead atoms. The van der Waals surface area contributed by atoms with Crippen molar-refractivity contribution in [2.45, 2.75) is 19.8 Å². The summed E-state index contributed by atoms with van der Waals surface area (Å²) in [5.41, 5.74) is 5.45. The van der Waals surface area contributed by atoms with Crippen LogP contribution in [0.4, 0.5) is 0 Å². The summed E-state index contributed by atoms with van der Waals surface area (Å²) in [7, 11) is 1.90. The first-order valence-electron chi connectivity index (χ1n) is 10.1. The standard InChI is InChI=1S/C24H25N5O/c1-18-10-12-21(13-11-18)29-17-22(23(27-29)20-8-4-3-5-9-20)24(30)25-14-6-7-19-15-26-28(2)16-19/h3-5,8-13,15-17H,6-7,14H2,1-2H3,(H,25,30). The number of aryl methyl sites for hydroxylation is 3. The number of carbonyl (C=O) groups excluding carboxylic acids is 1. The van der Waals surface area contributed by atoms with E-state index < -0.39 is 0 Å². The van der Waals surface area contributed by atoms with Gasteiger partial charge in [0.25, 0.3) is 5.91 Å². The average Bonchev–Trinajstić information content (AvgIpc) is 3.39. The van der Waals surface area contributed by atoms with Crippen molar-refractivity contribution in [3.8, 4) is 16.9 Å². The smallest absolute Gasteiger partial charge is 0.255 e. The molecule has 152 valence electrons. The Balaban J connectivity index is 1.52. The molecule has 0 fully saturated rings. The lowest BCUT2D eigenvalue weighted by Gasteiger charge is -2.05. The highest BCUT2D eigenvalue weighted by Gasteiger charge is 2.18. The van der Waals surface area contributed by atoms with Crippen LogP contribution in [0.5, 0.6) is 0 Å². The van der Waals surface area contributed by atoms with Gasteiger partial charge in [-0.2, -0.15) is 10.2 Å². The molecule has 0 radical (unpaired) electrons. The van der Waals surface area contributed by atoms with E-state index in [0.717, 1.165) is 24.1 Å². The highest BCUT2D eigenvalue weighted by Crippen LogP contribution is 2.23. The van der Waals surface area contributed by atoms with E-state index in [4.69, 9.17) is 5.10 Å². The molecule has 0 spiro atoms. The Morgan fingerprint density at radius 1 is 1.03 bits per heavy atom. The van der Waals surface area contributed by atoms with Crippen LogP contribution >= 0.6 is 0 Å². The molecular weight excluding hydrogens is 374 g/mol. The van der Waals surface area contributed by atoms with Gasteiger partial charge in [-0.1, -0.05) is 48.0 Å². The summed E-state index contributed by atoms with van der Waals surface area (Å²) in [4.78, 5) is 13.0. The van der Waals surface area contributed by atoms with Crippen molar-refractivity contribution >= 4 is 5.91 Å². The minimum atomic E-state index is -0.113. The molecule has 6 heteroatoms. The highest BCUT2D eigenvalue weighted by atomic mass is 16.1. The highest BCUT2D eigenvalue weighted by molar-refractivity contribution is 5.99. The molecule has 6 nitrogen and oxygen atoms in total. The molecule has 0 aliphatic heterocycles. The fraction of sp³-hybridized carbons (Fsp3) is 0.208. The predicted octanol–water partition coefficient (Wildman–Crippen LogP) is 3.94. The first kappa shape index (κ1) is 19.6. The largest absolute Gasteiger partial charge is 0.352 e. The second kappa shape index (κ2) is 8.78. The molecule has 2 aromatic heterocycles. The van der Waals surface area contributed by atoms with Crippen molar-refractivity contribution in [3.05, 3.63) is 89.9 Å². The molecule has 1 N–H and O–H groups in total. The molecule has 0 atom stereocenters. The lowest BCUT2D eigenvalue weighted by Crippen LogP contribution is -2.25. The molecule has 4 rings (SSSR count). The summed E-state index contributed by atoms with van der Waals surface area (Å²) >= 11 is 0. The summed E-state index contributed by atoms with van der Waals surface area (Å²) in [6.07, 6.45) is 7.40. The van der Waals surface area contributed by atoms with Crippen LogP contribution in [0.1, 0.15) is 27.9 Å². The van der Waals surface area contributed by atoms with Gasteiger partial charge < -0.3 is 5.32 Å². The first-order valence-corrected chi connectivity index (χ1v) is 10.1. The van der Waals surface area contributed by atoms with Crippen molar-refractivity contribution in [2.75, 3.05) is 6.54 Å². The molecule has 0 aliphatic rings. The Hall–Kier alpha value is -3.67. The minimum absolute atomic E-state index is 0.113. The van der Waals surface area contributed by atoms with Gasteiger partial charge in [-0.05, 0) is 37.5 Å². The van der Waals surface area contributed by atoms with E-state index in [1.807, 2.05) is 87.2 Å². The second-order valence-corrected chi connectivity index (χ2v) is 7.42. The third kappa shape index (κ3) is 4.49. The van der Waals surface area contributed by atoms with Gasteiger partial charge in [-0.25, -0.2) is 4.68 Å². The molecule has 4 aromatic rings. The number of carbonyl (C=O) groups is 1. The van der Waals surface area contributed by atoms with Crippen LogP contribution < -0.4 is 5.32 Å². The maximum absolute atomic E-state index is 13.0. The van der Waals surface area contributed by atoms with Gasteiger partial charge in [0.15, 0.2) is 0 Å². The summed E-state index contributed by atoms with van der Waals surface area (Å²) in [5, 5.41) is 11.9. The number of hydrogen-bond acceptors (Lipinski definition) is 3. The summed E-state index contributed by atoms with van der Waals surface area (Å²) in [6, 6.07) is 17.9. The SMILES string of the molecule is Cc1ccc(-n2cc(C(=O)NCCCc3cnn(C)c3)c(-c3ccccc3)n2)cc1. The van der Waals surface area contributed by atoms with E-state index in [0.29, 0.717) is 17.8 Å². The summed E-state index contributed by atoms with van der Waals surface area (Å²) < 4.78 is 3.56. The maximum atomic E-state index is 13.0. The van der Waals surface area contributed by atoms with E-state index in [9.17, 15) is 4.79 Å². The maximum Gasteiger partial charge on any atom is 0.255 e.